The van der Waals surface area contributed by atoms with Gasteiger partial charge in [0.2, 0.25) is 11.8 Å². The van der Waals surface area contributed by atoms with E-state index in [1.807, 2.05) is 0 Å². The zero-order chi connectivity index (χ0) is 15.1. The summed E-state index contributed by atoms with van der Waals surface area (Å²) in [5, 5.41) is 8.63. The van der Waals surface area contributed by atoms with Gasteiger partial charge in [0.05, 0.1) is 16.8 Å². The van der Waals surface area contributed by atoms with Gasteiger partial charge in [-0.25, -0.2) is 13.8 Å². The normalized spacial score (nSPS) is 15.4. The summed E-state index contributed by atoms with van der Waals surface area (Å²) in [7, 11) is 0. The third-order valence-corrected chi connectivity index (χ3v) is 4.63. The number of nitrogens with one attached hydrogen (secondary N) is 1. The van der Waals surface area contributed by atoms with Gasteiger partial charge in [-0.1, -0.05) is 18.2 Å². The van der Waals surface area contributed by atoms with Crippen molar-refractivity contribution in [2.45, 2.75) is 36.1 Å². The van der Waals surface area contributed by atoms with E-state index >= 15 is 0 Å². The minimum Gasteiger partial charge on any atom is -0.424 e. The third kappa shape index (κ3) is 2.47. The predicted octanol–water partition coefficient (Wildman–Crippen LogP) is 3.78. The molecule has 8 heteroatoms. The van der Waals surface area contributed by atoms with Crippen molar-refractivity contribution in [2.24, 2.45) is 0 Å². The number of hydrogen-bond donors (Lipinski definition) is 1. The first kappa shape index (κ1) is 13.7. The topological polar surface area (TPSA) is 67.6 Å². The predicted molar refractivity (Wildman–Crippen MR) is 76.5 cm³/mol. The highest BCUT2D eigenvalue weighted by molar-refractivity contribution is 7.98. The van der Waals surface area contributed by atoms with Crippen molar-refractivity contribution in [2.75, 3.05) is 0 Å². The van der Waals surface area contributed by atoms with Crippen LogP contribution in [0, 0.1) is 11.6 Å². The van der Waals surface area contributed by atoms with Crippen LogP contribution >= 0.6 is 11.8 Å². The van der Waals surface area contributed by atoms with Crippen LogP contribution in [0.4, 0.5) is 8.78 Å². The molecule has 0 aliphatic heterocycles. The molecule has 114 valence electrons. The highest BCUT2D eigenvalue weighted by Gasteiger charge is 2.25. The molecule has 0 spiro atoms. The van der Waals surface area contributed by atoms with Gasteiger partial charge in [0.1, 0.15) is 0 Å². The molecule has 22 heavy (non-hydrogen) atoms. The lowest BCUT2D eigenvalue weighted by Gasteiger charge is -2.20. The van der Waals surface area contributed by atoms with E-state index in [-0.39, 0.29) is 0 Å². The van der Waals surface area contributed by atoms with E-state index < -0.39 is 11.6 Å². The first-order chi connectivity index (χ1) is 10.7. The van der Waals surface area contributed by atoms with Crippen LogP contribution in [0.25, 0.3) is 11.0 Å². The zero-order valence-corrected chi connectivity index (χ0v) is 12.3. The summed E-state index contributed by atoms with van der Waals surface area (Å²) in [6.07, 6.45) is 3.42. The van der Waals surface area contributed by atoms with Gasteiger partial charge >= 0.3 is 0 Å². The Morgan fingerprint density at radius 3 is 2.82 bits per heavy atom. The summed E-state index contributed by atoms with van der Waals surface area (Å²) >= 11 is 1.35. The first-order valence-electron chi connectivity index (χ1n) is 6.99. The number of imidazole rings is 1. The van der Waals surface area contributed by atoms with Crippen LogP contribution < -0.4 is 0 Å². The van der Waals surface area contributed by atoms with E-state index in [0.717, 1.165) is 25.0 Å². The van der Waals surface area contributed by atoms with E-state index in [1.54, 1.807) is 0 Å². The molecule has 4 rings (SSSR count). The molecule has 0 amide bonds. The molecule has 2 aromatic heterocycles. The maximum absolute atomic E-state index is 13.2. The van der Waals surface area contributed by atoms with E-state index in [4.69, 9.17) is 4.42 Å². The van der Waals surface area contributed by atoms with Crippen molar-refractivity contribution in [1.29, 1.82) is 0 Å². The molecule has 1 saturated carbocycles. The standard InChI is InChI=1S/C14H12F2N4OS/c15-8-4-10-11(5-9(8)16)18-14(17-10)22-6-12-19-20-13(21-12)7-2-1-3-7/h4-5,7H,1-3,6H2,(H,17,18). The fourth-order valence-electron chi connectivity index (χ4n) is 2.33. The molecule has 1 N–H and O–H groups in total. The SMILES string of the molecule is Fc1cc2nc(SCc3nnc(C4CCC4)o3)[nH]c2cc1F. The minimum atomic E-state index is -0.905. The molecule has 0 saturated heterocycles. The van der Waals surface area contributed by atoms with Crippen LogP contribution in [0.2, 0.25) is 0 Å². The van der Waals surface area contributed by atoms with E-state index in [9.17, 15) is 8.78 Å². The number of nitrogens with zero attached hydrogens (tertiary/aromatic N) is 3. The average molecular weight is 322 g/mol. The second-order valence-electron chi connectivity index (χ2n) is 5.28. The first-order valence-corrected chi connectivity index (χ1v) is 7.97. The Bertz CT molecular complexity index is 788. The molecule has 1 fully saturated rings. The molecule has 3 aromatic rings. The average Bonchev–Trinajstić information content (AvgIpc) is 3.02. The third-order valence-electron chi connectivity index (χ3n) is 3.77. The van der Waals surface area contributed by atoms with Crippen LogP contribution in [-0.4, -0.2) is 20.2 Å². The van der Waals surface area contributed by atoms with Crippen molar-refractivity contribution in [1.82, 2.24) is 20.2 Å². The number of H-pyrrole nitrogens is 1. The van der Waals surface area contributed by atoms with Crippen LogP contribution in [0.1, 0.15) is 37.0 Å². The second kappa shape index (κ2) is 5.35. The maximum Gasteiger partial charge on any atom is 0.226 e. The van der Waals surface area contributed by atoms with Gasteiger partial charge in [-0.15, -0.1) is 10.2 Å². The molecule has 0 atom stereocenters. The Morgan fingerprint density at radius 1 is 1.23 bits per heavy atom. The van der Waals surface area contributed by atoms with Gasteiger partial charge in [0.25, 0.3) is 0 Å². The quantitative estimate of drug-likeness (QED) is 0.740. The molecular formula is C14H12F2N4OS. The summed E-state index contributed by atoms with van der Waals surface area (Å²) in [5.74, 6) is 0.306. The van der Waals surface area contributed by atoms with Gasteiger partial charge in [0, 0.05) is 18.1 Å². The molecule has 0 unspecified atom stereocenters. The lowest BCUT2D eigenvalue weighted by Crippen LogP contribution is -2.08. The molecular weight excluding hydrogens is 310 g/mol. The van der Waals surface area contributed by atoms with Crippen molar-refractivity contribution < 1.29 is 13.2 Å². The molecule has 2 heterocycles. The van der Waals surface area contributed by atoms with Crippen LogP contribution in [0.3, 0.4) is 0 Å². The van der Waals surface area contributed by atoms with Gasteiger partial charge in [-0.3, -0.25) is 0 Å². The molecule has 1 aliphatic carbocycles. The number of aromatic nitrogens is 4. The number of thioether (sulfide) groups is 1. The second-order valence-corrected chi connectivity index (χ2v) is 6.24. The Labute approximate surface area is 128 Å². The Kier molecular flexibility index (Phi) is 3.33. The Balaban J connectivity index is 1.47. The summed E-state index contributed by atoms with van der Waals surface area (Å²) in [6.45, 7) is 0. The molecule has 1 aromatic carbocycles. The summed E-state index contributed by atoms with van der Waals surface area (Å²) in [5.41, 5.74) is 0.851. The smallest absolute Gasteiger partial charge is 0.226 e. The monoisotopic (exact) mass is 322 g/mol. The summed E-state index contributed by atoms with van der Waals surface area (Å²) < 4.78 is 31.9. The molecule has 1 aliphatic rings. The Hall–Kier alpha value is -1.96. The largest absolute Gasteiger partial charge is 0.424 e. The Morgan fingerprint density at radius 2 is 2.05 bits per heavy atom. The summed E-state index contributed by atoms with van der Waals surface area (Å²) in [4.78, 5) is 7.15. The number of benzene rings is 1. The zero-order valence-electron chi connectivity index (χ0n) is 11.5. The fourth-order valence-corrected chi connectivity index (χ4v) is 3.05. The number of rotatable bonds is 4. The van der Waals surface area contributed by atoms with Gasteiger partial charge in [-0.2, -0.15) is 0 Å². The van der Waals surface area contributed by atoms with Crippen molar-refractivity contribution in [3.63, 3.8) is 0 Å². The number of halogens is 2. The highest BCUT2D eigenvalue weighted by atomic mass is 32.2. The van der Waals surface area contributed by atoms with Crippen molar-refractivity contribution in [3.05, 3.63) is 35.5 Å². The van der Waals surface area contributed by atoms with Crippen molar-refractivity contribution >= 4 is 22.8 Å². The number of aromatic amines is 1. The number of fused-ring (bicyclic) bond motifs is 1. The van der Waals surface area contributed by atoms with Crippen LogP contribution in [0.5, 0.6) is 0 Å². The lowest BCUT2D eigenvalue weighted by atomic mass is 9.85. The van der Waals surface area contributed by atoms with E-state index in [0.29, 0.717) is 39.6 Å². The highest BCUT2D eigenvalue weighted by Crippen LogP contribution is 2.35. The van der Waals surface area contributed by atoms with Crippen LogP contribution in [0.15, 0.2) is 21.7 Å². The van der Waals surface area contributed by atoms with Gasteiger partial charge < -0.3 is 9.40 Å². The maximum atomic E-state index is 13.2. The number of hydrogen-bond acceptors (Lipinski definition) is 5. The fraction of sp³-hybridized carbons (Fsp3) is 0.357. The van der Waals surface area contributed by atoms with Gasteiger partial charge in [-0.05, 0) is 12.8 Å². The van der Waals surface area contributed by atoms with Crippen LogP contribution in [-0.2, 0) is 5.75 Å². The minimum absolute atomic E-state index is 0.391. The lowest BCUT2D eigenvalue weighted by molar-refractivity contribution is 0.328. The van der Waals surface area contributed by atoms with E-state index in [2.05, 4.69) is 20.2 Å². The molecule has 0 bridgehead atoms. The molecule has 0 radical (unpaired) electrons. The van der Waals surface area contributed by atoms with E-state index in [1.165, 1.54) is 18.2 Å². The molecule has 5 nitrogen and oxygen atoms in total. The van der Waals surface area contributed by atoms with Gasteiger partial charge in [0.15, 0.2) is 16.8 Å². The summed E-state index contributed by atoms with van der Waals surface area (Å²) in [6, 6.07) is 2.18. The van der Waals surface area contributed by atoms with Crippen molar-refractivity contribution in [3.8, 4) is 0 Å².